The summed E-state index contributed by atoms with van der Waals surface area (Å²) in [5.74, 6) is 2.22. The molecule has 0 aliphatic heterocycles. The Morgan fingerprint density at radius 2 is 1.19 bits per heavy atom. The first kappa shape index (κ1) is 32.1. The van der Waals surface area contributed by atoms with Crippen LogP contribution in [0, 0.1) is 0 Å². The second-order valence-electron chi connectivity index (χ2n) is 14.7. The molecule has 1 aliphatic carbocycles. The topological polar surface area (TPSA) is 48.5 Å². The van der Waals surface area contributed by atoms with E-state index < -0.39 is 0 Å². The fourth-order valence-corrected chi connectivity index (χ4v) is 10.1. The number of allylic oxidation sites excluding steroid dienone is 4. The normalized spacial score (nSPS) is 14.3. The highest BCUT2D eigenvalue weighted by Gasteiger charge is 2.24. The number of aromatic nitrogens is 5. The molecule has 1 atom stereocenters. The highest BCUT2D eigenvalue weighted by atomic mass is 32.1. The van der Waals surface area contributed by atoms with Crippen molar-refractivity contribution in [3.05, 3.63) is 188 Å². The number of hydrogen-bond acceptors (Lipinski definition) is 4. The SMILES string of the molecule is C1=CCC(c2nc(-c3ccccc3)nc(-c3cc(-n4c5ccccc5c5c4ccc4c6ccccc6n(-c6ccccc6)c45)cc4sc5ccccc5c34)n2)C=C1. The lowest BCUT2D eigenvalue weighted by Crippen LogP contribution is -2.08. The van der Waals surface area contributed by atoms with Crippen LogP contribution in [0.5, 0.6) is 0 Å². The van der Waals surface area contributed by atoms with Crippen molar-refractivity contribution in [2.75, 3.05) is 0 Å². The van der Waals surface area contributed by atoms with Gasteiger partial charge in [-0.1, -0.05) is 133 Å². The molecule has 0 fully saturated rings. The molecule has 4 aromatic heterocycles. The summed E-state index contributed by atoms with van der Waals surface area (Å²) in [6.45, 7) is 0. The summed E-state index contributed by atoms with van der Waals surface area (Å²) >= 11 is 1.82. The molecule has 1 aliphatic rings. The molecular weight excluding hydrogens is 715 g/mol. The summed E-state index contributed by atoms with van der Waals surface area (Å²) in [7, 11) is 0. The maximum Gasteiger partial charge on any atom is 0.164 e. The third kappa shape index (κ3) is 4.97. The fraction of sp³-hybridized carbons (Fsp3) is 0.0392. The van der Waals surface area contributed by atoms with Crippen LogP contribution in [0.3, 0.4) is 0 Å². The molecule has 0 amide bonds. The lowest BCUT2D eigenvalue weighted by molar-refractivity contribution is 0.764. The number of thiophene rings is 1. The van der Waals surface area contributed by atoms with Crippen molar-refractivity contribution in [3.8, 4) is 34.2 Å². The number of para-hydroxylation sites is 3. The van der Waals surface area contributed by atoms with Crippen molar-refractivity contribution >= 4 is 75.1 Å². The van der Waals surface area contributed by atoms with Crippen LogP contribution in [0.15, 0.2) is 182 Å². The Labute approximate surface area is 332 Å². The Kier molecular flexibility index (Phi) is 7.16. The van der Waals surface area contributed by atoms with Gasteiger partial charge in [-0.2, -0.15) is 0 Å². The van der Waals surface area contributed by atoms with Gasteiger partial charge in [0, 0.05) is 70.1 Å². The molecule has 0 bridgehead atoms. The minimum Gasteiger partial charge on any atom is -0.309 e. The van der Waals surface area contributed by atoms with Gasteiger partial charge in [-0.15, -0.1) is 11.3 Å². The van der Waals surface area contributed by atoms with Crippen molar-refractivity contribution in [3.63, 3.8) is 0 Å². The smallest absolute Gasteiger partial charge is 0.164 e. The Bertz CT molecular complexity index is 3440. The molecule has 0 N–H and O–H groups in total. The number of benzene rings is 7. The second-order valence-corrected chi connectivity index (χ2v) is 15.8. The third-order valence-corrected chi connectivity index (χ3v) is 12.6. The Hall–Kier alpha value is -7.15. The van der Waals surface area contributed by atoms with Crippen molar-refractivity contribution in [1.29, 1.82) is 0 Å². The second kappa shape index (κ2) is 12.7. The van der Waals surface area contributed by atoms with Crippen LogP contribution in [0.4, 0.5) is 0 Å². The van der Waals surface area contributed by atoms with Gasteiger partial charge in [-0.3, -0.25) is 0 Å². The van der Waals surface area contributed by atoms with Crippen LogP contribution < -0.4 is 0 Å². The number of fused-ring (bicyclic) bond motifs is 10. The summed E-state index contributed by atoms with van der Waals surface area (Å²) in [4.78, 5) is 15.7. The van der Waals surface area contributed by atoms with E-state index in [0.29, 0.717) is 11.6 Å². The predicted octanol–water partition coefficient (Wildman–Crippen LogP) is 13.4. The molecule has 268 valence electrons. The Morgan fingerprint density at radius 3 is 2.00 bits per heavy atom. The van der Waals surface area contributed by atoms with Crippen LogP contribution >= 0.6 is 11.3 Å². The van der Waals surface area contributed by atoms with E-state index in [0.717, 1.165) is 45.8 Å². The van der Waals surface area contributed by atoms with Gasteiger partial charge in [-0.05, 0) is 55.0 Å². The molecule has 11 aromatic rings. The number of rotatable bonds is 5. The van der Waals surface area contributed by atoms with Gasteiger partial charge in [0.05, 0.1) is 22.1 Å². The largest absolute Gasteiger partial charge is 0.309 e. The summed E-state index contributed by atoms with van der Waals surface area (Å²) in [5.41, 5.74) is 8.89. The van der Waals surface area contributed by atoms with E-state index in [1.54, 1.807) is 0 Å². The fourth-order valence-electron chi connectivity index (χ4n) is 8.94. The molecule has 0 spiro atoms. The standard InChI is InChI=1S/C51H33N5S/c1-4-16-32(17-5-1)49-52-50(33-18-6-2-7-19-33)54-51(53-49)40-30-35(31-45-46(40)39-24-12-15-27-44(39)57-45)55-42-26-14-11-23-38(42)47-43(55)29-28-37-36-22-10-13-25-41(36)56(48(37)47)34-20-8-3-9-21-34/h1-18,20-31,33H,19H2. The average Bonchev–Trinajstić information content (AvgIpc) is 3.94. The van der Waals surface area contributed by atoms with Gasteiger partial charge in [0.2, 0.25) is 0 Å². The van der Waals surface area contributed by atoms with E-state index in [1.165, 1.54) is 52.8 Å². The van der Waals surface area contributed by atoms with Gasteiger partial charge in [0.1, 0.15) is 5.82 Å². The molecule has 0 radical (unpaired) electrons. The number of nitrogens with zero attached hydrogens (tertiary/aromatic N) is 5. The molecule has 1 unspecified atom stereocenters. The molecular formula is C51H33N5S. The highest BCUT2D eigenvalue weighted by molar-refractivity contribution is 7.26. The van der Waals surface area contributed by atoms with Crippen LogP contribution in [-0.2, 0) is 0 Å². The van der Waals surface area contributed by atoms with E-state index in [1.807, 2.05) is 29.5 Å². The summed E-state index contributed by atoms with van der Waals surface area (Å²) in [6.07, 6.45) is 9.44. The third-order valence-electron chi connectivity index (χ3n) is 11.4. The minimum absolute atomic E-state index is 0.0632. The van der Waals surface area contributed by atoms with Gasteiger partial charge in [0.25, 0.3) is 0 Å². The van der Waals surface area contributed by atoms with Gasteiger partial charge in [-0.25, -0.2) is 15.0 Å². The van der Waals surface area contributed by atoms with Crippen LogP contribution in [0.1, 0.15) is 18.2 Å². The zero-order chi connectivity index (χ0) is 37.5. The van der Waals surface area contributed by atoms with E-state index in [2.05, 4.69) is 173 Å². The Balaban J connectivity index is 1.19. The monoisotopic (exact) mass is 747 g/mol. The van der Waals surface area contributed by atoms with E-state index >= 15 is 0 Å². The van der Waals surface area contributed by atoms with Crippen LogP contribution in [0.2, 0.25) is 0 Å². The maximum atomic E-state index is 5.33. The van der Waals surface area contributed by atoms with Crippen molar-refractivity contribution in [2.45, 2.75) is 12.3 Å². The molecule has 6 heteroatoms. The zero-order valence-electron chi connectivity index (χ0n) is 30.7. The van der Waals surface area contributed by atoms with Gasteiger partial charge in [0.15, 0.2) is 11.6 Å². The van der Waals surface area contributed by atoms with Crippen molar-refractivity contribution in [1.82, 2.24) is 24.1 Å². The number of hydrogen-bond donors (Lipinski definition) is 0. The molecule has 12 rings (SSSR count). The van der Waals surface area contributed by atoms with E-state index in [4.69, 9.17) is 15.0 Å². The molecule has 0 saturated carbocycles. The predicted molar refractivity (Wildman–Crippen MR) is 238 cm³/mol. The van der Waals surface area contributed by atoms with Crippen LogP contribution in [0.25, 0.3) is 97.9 Å². The molecule has 0 saturated heterocycles. The molecule has 57 heavy (non-hydrogen) atoms. The quantitative estimate of drug-likeness (QED) is 0.176. The molecule has 4 heterocycles. The maximum absolute atomic E-state index is 5.33. The molecule has 5 nitrogen and oxygen atoms in total. The lowest BCUT2D eigenvalue weighted by Gasteiger charge is -2.16. The first-order valence-electron chi connectivity index (χ1n) is 19.4. The Morgan fingerprint density at radius 1 is 0.491 bits per heavy atom. The average molecular weight is 748 g/mol. The highest BCUT2D eigenvalue weighted by Crippen LogP contribution is 2.45. The van der Waals surface area contributed by atoms with Gasteiger partial charge < -0.3 is 9.13 Å². The zero-order valence-corrected chi connectivity index (χ0v) is 31.6. The summed E-state index contributed by atoms with van der Waals surface area (Å²) < 4.78 is 7.31. The van der Waals surface area contributed by atoms with Crippen molar-refractivity contribution < 1.29 is 0 Å². The van der Waals surface area contributed by atoms with Crippen LogP contribution in [-0.4, -0.2) is 24.1 Å². The minimum atomic E-state index is 0.0632. The van der Waals surface area contributed by atoms with Crippen molar-refractivity contribution in [2.24, 2.45) is 0 Å². The summed E-state index contributed by atoms with van der Waals surface area (Å²) in [5, 5.41) is 7.30. The van der Waals surface area contributed by atoms with Gasteiger partial charge >= 0.3 is 0 Å². The first-order valence-corrected chi connectivity index (χ1v) is 20.2. The first-order chi connectivity index (χ1) is 28.3. The molecule has 7 aromatic carbocycles. The van der Waals surface area contributed by atoms with E-state index in [9.17, 15) is 0 Å². The summed E-state index contributed by atoms with van der Waals surface area (Å²) in [6, 6.07) is 56.6. The lowest BCUT2D eigenvalue weighted by atomic mass is 9.99. The van der Waals surface area contributed by atoms with E-state index in [-0.39, 0.29) is 5.92 Å².